The van der Waals surface area contributed by atoms with Crippen LogP contribution in [0.4, 0.5) is 0 Å². The topological polar surface area (TPSA) is 38.0 Å². The maximum atomic E-state index is 11.3. The highest BCUT2D eigenvalue weighted by Gasteiger charge is 2.31. The van der Waals surface area contributed by atoms with Crippen molar-refractivity contribution in [2.45, 2.75) is 12.1 Å². The number of hydrogen-bond acceptors (Lipinski definition) is 2. The van der Waals surface area contributed by atoms with E-state index in [1.807, 2.05) is 71.4 Å². The summed E-state index contributed by atoms with van der Waals surface area (Å²) in [5.41, 5.74) is 0.684. The molecule has 0 unspecified atom stereocenters. The Morgan fingerprint density at radius 3 is 1.90 bits per heavy atom. The molecule has 0 aliphatic heterocycles. The molecule has 0 spiro atoms. The fraction of sp³-hybridized carbons (Fsp3) is 0.118. The monoisotopic (exact) mass is 264 g/mol. The van der Waals surface area contributed by atoms with E-state index in [0.717, 1.165) is 11.1 Å². The lowest BCUT2D eigenvalue weighted by molar-refractivity contribution is 0.0612. The number of benzene rings is 2. The van der Waals surface area contributed by atoms with E-state index in [0.29, 0.717) is 6.54 Å². The average molecular weight is 264 g/mol. The first-order valence-corrected chi connectivity index (χ1v) is 6.58. The minimum Gasteiger partial charge on any atom is -0.378 e. The summed E-state index contributed by atoms with van der Waals surface area (Å²) in [5.74, 6) is 0. The Balaban J connectivity index is 2.08. The molecule has 3 nitrogen and oxygen atoms in total. The summed E-state index contributed by atoms with van der Waals surface area (Å²) in [4.78, 5) is 4.05. The number of aromatic nitrogens is 2. The van der Waals surface area contributed by atoms with E-state index in [9.17, 15) is 5.11 Å². The quantitative estimate of drug-likeness (QED) is 0.787. The molecule has 3 heteroatoms. The van der Waals surface area contributed by atoms with E-state index in [4.69, 9.17) is 0 Å². The Kier molecular flexibility index (Phi) is 3.35. The average Bonchev–Trinajstić information content (AvgIpc) is 3.02. The maximum absolute atomic E-state index is 11.3. The summed E-state index contributed by atoms with van der Waals surface area (Å²) in [6.45, 7) is 0.432. The van der Waals surface area contributed by atoms with Crippen molar-refractivity contribution < 1.29 is 5.11 Å². The molecule has 1 aromatic heterocycles. The van der Waals surface area contributed by atoms with Gasteiger partial charge in [0, 0.05) is 12.4 Å². The van der Waals surface area contributed by atoms with Crippen molar-refractivity contribution in [1.29, 1.82) is 0 Å². The summed E-state index contributed by atoms with van der Waals surface area (Å²) in [5, 5.41) is 11.3. The summed E-state index contributed by atoms with van der Waals surface area (Å²) < 4.78 is 1.89. The molecule has 0 aliphatic carbocycles. The lowest BCUT2D eigenvalue weighted by Crippen LogP contribution is -2.32. The highest BCUT2D eigenvalue weighted by molar-refractivity contribution is 5.35. The molecule has 2 aromatic carbocycles. The molecule has 20 heavy (non-hydrogen) atoms. The van der Waals surface area contributed by atoms with Crippen molar-refractivity contribution in [3.63, 3.8) is 0 Å². The molecule has 0 atom stereocenters. The highest BCUT2D eigenvalue weighted by atomic mass is 16.3. The molecule has 3 rings (SSSR count). The van der Waals surface area contributed by atoms with Gasteiger partial charge in [-0.3, -0.25) is 0 Å². The van der Waals surface area contributed by atoms with Crippen LogP contribution in [0.25, 0.3) is 0 Å². The van der Waals surface area contributed by atoms with E-state index in [1.165, 1.54) is 0 Å². The first-order chi connectivity index (χ1) is 9.79. The second-order valence-electron chi connectivity index (χ2n) is 4.83. The predicted octanol–water partition coefficient (Wildman–Crippen LogP) is 2.82. The van der Waals surface area contributed by atoms with Gasteiger partial charge in [-0.05, 0) is 11.1 Å². The number of rotatable bonds is 4. The van der Waals surface area contributed by atoms with Crippen LogP contribution in [0, 0.1) is 0 Å². The third-order valence-corrected chi connectivity index (χ3v) is 3.47. The SMILES string of the molecule is OC(Cn1ccnc1)(c1ccccc1)c1ccccc1. The fourth-order valence-electron chi connectivity index (χ4n) is 2.42. The minimum atomic E-state index is -1.07. The Morgan fingerprint density at radius 1 is 0.900 bits per heavy atom. The third-order valence-electron chi connectivity index (χ3n) is 3.47. The Hall–Kier alpha value is -2.39. The van der Waals surface area contributed by atoms with E-state index >= 15 is 0 Å². The fourth-order valence-corrected chi connectivity index (χ4v) is 2.42. The van der Waals surface area contributed by atoms with Crippen LogP contribution in [-0.4, -0.2) is 14.7 Å². The Labute approximate surface area is 118 Å². The molecule has 0 radical (unpaired) electrons. The zero-order valence-electron chi connectivity index (χ0n) is 11.1. The first-order valence-electron chi connectivity index (χ1n) is 6.58. The van der Waals surface area contributed by atoms with Gasteiger partial charge < -0.3 is 9.67 Å². The molecular weight excluding hydrogens is 248 g/mol. The van der Waals surface area contributed by atoms with Gasteiger partial charge in [-0.2, -0.15) is 0 Å². The van der Waals surface area contributed by atoms with Gasteiger partial charge in [0.05, 0.1) is 12.9 Å². The van der Waals surface area contributed by atoms with Crippen LogP contribution < -0.4 is 0 Å². The van der Waals surface area contributed by atoms with Crippen molar-refractivity contribution >= 4 is 0 Å². The number of nitrogens with zero attached hydrogens (tertiary/aromatic N) is 2. The predicted molar refractivity (Wildman–Crippen MR) is 78.1 cm³/mol. The van der Waals surface area contributed by atoms with Gasteiger partial charge in [0.1, 0.15) is 5.60 Å². The smallest absolute Gasteiger partial charge is 0.132 e. The van der Waals surface area contributed by atoms with E-state index in [-0.39, 0.29) is 0 Å². The van der Waals surface area contributed by atoms with E-state index in [1.54, 1.807) is 12.5 Å². The van der Waals surface area contributed by atoms with Gasteiger partial charge in [0.25, 0.3) is 0 Å². The van der Waals surface area contributed by atoms with Gasteiger partial charge in [0.15, 0.2) is 0 Å². The second-order valence-corrected chi connectivity index (χ2v) is 4.83. The third kappa shape index (κ3) is 2.36. The van der Waals surface area contributed by atoms with Crippen molar-refractivity contribution in [1.82, 2.24) is 9.55 Å². The van der Waals surface area contributed by atoms with E-state index in [2.05, 4.69) is 4.98 Å². The summed E-state index contributed by atoms with van der Waals surface area (Å²) in [7, 11) is 0. The van der Waals surface area contributed by atoms with Crippen LogP contribution in [-0.2, 0) is 12.1 Å². The van der Waals surface area contributed by atoms with Crippen molar-refractivity contribution in [3.8, 4) is 0 Å². The molecule has 0 bridgehead atoms. The van der Waals surface area contributed by atoms with Gasteiger partial charge in [-0.25, -0.2) is 4.98 Å². The summed E-state index contributed by atoms with van der Waals surface area (Å²) in [6, 6.07) is 19.5. The maximum Gasteiger partial charge on any atom is 0.132 e. The van der Waals surface area contributed by atoms with Crippen LogP contribution in [0.15, 0.2) is 79.4 Å². The van der Waals surface area contributed by atoms with Gasteiger partial charge in [-0.15, -0.1) is 0 Å². The van der Waals surface area contributed by atoms with Crippen LogP contribution in [0.5, 0.6) is 0 Å². The van der Waals surface area contributed by atoms with Crippen LogP contribution in [0.2, 0.25) is 0 Å². The van der Waals surface area contributed by atoms with Crippen LogP contribution >= 0.6 is 0 Å². The lowest BCUT2D eigenvalue weighted by Gasteiger charge is -2.29. The van der Waals surface area contributed by atoms with Gasteiger partial charge in [0.2, 0.25) is 0 Å². The molecule has 0 fully saturated rings. The molecule has 1 N–H and O–H groups in total. The normalized spacial score (nSPS) is 11.4. The molecule has 0 saturated heterocycles. The molecule has 0 aliphatic rings. The molecule has 1 heterocycles. The Morgan fingerprint density at radius 2 is 1.45 bits per heavy atom. The summed E-state index contributed by atoms with van der Waals surface area (Å²) >= 11 is 0. The Bertz CT molecular complexity index is 608. The molecular formula is C17H16N2O. The molecule has 0 saturated carbocycles. The minimum absolute atomic E-state index is 0.432. The van der Waals surface area contributed by atoms with Crippen LogP contribution in [0.3, 0.4) is 0 Å². The van der Waals surface area contributed by atoms with Crippen molar-refractivity contribution in [3.05, 3.63) is 90.5 Å². The first kappa shape index (κ1) is 12.6. The number of hydrogen-bond donors (Lipinski definition) is 1. The van der Waals surface area contributed by atoms with Gasteiger partial charge >= 0.3 is 0 Å². The number of aliphatic hydroxyl groups is 1. The highest BCUT2D eigenvalue weighted by Crippen LogP contribution is 2.31. The summed E-state index contributed by atoms with van der Waals surface area (Å²) in [6.07, 6.45) is 5.30. The van der Waals surface area contributed by atoms with E-state index < -0.39 is 5.60 Å². The number of imidazole rings is 1. The van der Waals surface area contributed by atoms with Crippen molar-refractivity contribution in [2.75, 3.05) is 0 Å². The van der Waals surface area contributed by atoms with Gasteiger partial charge in [-0.1, -0.05) is 60.7 Å². The zero-order chi connectivity index (χ0) is 13.8. The molecule has 0 amide bonds. The van der Waals surface area contributed by atoms with Crippen molar-refractivity contribution in [2.24, 2.45) is 0 Å². The standard InChI is InChI=1S/C17H16N2O/c20-17(13-19-12-11-18-14-19,15-7-3-1-4-8-15)16-9-5-2-6-10-16/h1-12,14,20H,13H2. The second kappa shape index (κ2) is 5.31. The largest absolute Gasteiger partial charge is 0.378 e. The molecule has 3 aromatic rings. The van der Waals surface area contributed by atoms with Crippen LogP contribution in [0.1, 0.15) is 11.1 Å². The zero-order valence-corrected chi connectivity index (χ0v) is 11.1. The molecule has 100 valence electrons. The lowest BCUT2D eigenvalue weighted by atomic mass is 9.86.